The molecular weight excluding hydrogens is 408 g/mol. The lowest BCUT2D eigenvalue weighted by molar-refractivity contribution is -0.384. The molecule has 0 aliphatic heterocycles. The summed E-state index contributed by atoms with van der Waals surface area (Å²) in [6.45, 7) is 1.90. The van der Waals surface area contributed by atoms with Crippen LogP contribution in [0.25, 0.3) is 0 Å². The molecule has 2 aromatic rings. The number of carbonyl (C=O) groups is 1. The first-order chi connectivity index (χ1) is 15.5. The summed E-state index contributed by atoms with van der Waals surface area (Å²) in [4.78, 5) is 25.1. The van der Waals surface area contributed by atoms with Gasteiger partial charge in [0.05, 0.1) is 11.1 Å². The molecule has 0 heterocycles. The molecule has 0 saturated heterocycles. The zero-order valence-electron chi connectivity index (χ0n) is 18.6. The number of nitrogens with zero attached hydrogens (tertiary/aromatic N) is 3. The topological polar surface area (TPSA) is 97.1 Å². The highest BCUT2D eigenvalue weighted by atomic mass is 16.6. The number of hydrazone groups is 1. The summed E-state index contributed by atoms with van der Waals surface area (Å²) < 4.78 is 5.48. The van der Waals surface area contributed by atoms with Crippen LogP contribution in [-0.2, 0) is 11.2 Å². The van der Waals surface area contributed by atoms with Crippen LogP contribution in [0.4, 0.5) is 11.4 Å². The molecule has 8 nitrogen and oxygen atoms in total. The minimum atomic E-state index is -0.433. The zero-order valence-corrected chi connectivity index (χ0v) is 18.6. The van der Waals surface area contributed by atoms with Gasteiger partial charge in [0.2, 0.25) is 0 Å². The van der Waals surface area contributed by atoms with Gasteiger partial charge in [0, 0.05) is 36.5 Å². The molecule has 0 spiro atoms. The van der Waals surface area contributed by atoms with Crippen molar-refractivity contribution in [2.75, 3.05) is 18.6 Å². The number of ether oxygens (including phenoxy) is 1. The number of anilines is 1. The van der Waals surface area contributed by atoms with E-state index in [1.54, 1.807) is 6.07 Å². The van der Waals surface area contributed by atoms with Gasteiger partial charge in [-0.05, 0) is 43.0 Å². The van der Waals surface area contributed by atoms with Gasteiger partial charge in [-0.3, -0.25) is 14.9 Å². The molecule has 0 unspecified atom stereocenters. The Morgan fingerprint density at radius 3 is 2.59 bits per heavy atom. The summed E-state index contributed by atoms with van der Waals surface area (Å²) in [7, 11) is 2.00. The number of aryl methyl sites for hydroxylation is 1. The number of amides is 1. The number of carbonyl (C=O) groups excluding carboxylic acids is 1. The summed E-state index contributed by atoms with van der Waals surface area (Å²) in [6.07, 6.45) is 8.19. The lowest BCUT2D eigenvalue weighted by Gasteiger charge is -2.33. The van der Waals surface area contributed by atoms with Crippen molar-refractivity contribution < 1.29 is 14.5 Å². The quantitative estimate of drug-likeness (QED) is 0.354. The molecule has 1 fully saturated rings. The lowest BCUT2D eigenvalue weighted by Crippen LogP contribution is -2.34. The summed E-state index contributed by atoms with van der Waals surface area (Å²) in [6, 6.07) is 12.7. The highest BCUT2D eigenvalue weighted by molar-refractivity contribution is 5.90. The van der Waals surface area contributed by atoms with Crippen molar-refractivity contribution in [3.63, 3.8) is 0 Å². The third kappa shape index (κ3) is 6.29. The Kier molecular flexibility index (Phi) is 8.19. The number of non-ortho nitro benzene ring substituents is 1. The van der Waals surface area contributed by atoms with E-state index in [2.05, 4.69) is 22.4 Å². The third-order valence-corrected chi connectivity index (χ3v) is 5.82. The van der Waals surface area contributed by atoms with E-state index in [1.165, 1.54) is 43.2 Å². The first kappa shape index (κ1) is 23.2. The predicted octanol–water partition coefficient (Wildman–Crippen LogP) is 4.46. The van der Waals surface area contributed by atoms with E-state index in [0.717, 1.165) is 24.9 Å². The molecule has 1 N–H and O–H groups in total. The molecule has 0 atom stereocenters. The van der Waals surface area contributed by atoms with Gasteiger partial charge in [-0.25, -0.2) is 5.43 Å². The Morgan fingerprint density at radius 1 is 1.22 bits per heavy atom. The normalized spacial score (nSPS) is 14.3. The Morgan fingerprint density at radius 2 is 1.94 bits per heavy atom. The van der Waals surface area contributed by atoms with Gasteiger partial charge in [-0.1, -0.05) is 38.3 Å². The van der Waals surface area contributed by atoms with Crippen LogP contribution in [0.2, 0.25) is 0 Å². The van der Waals surface area contributed by atoms with E-state index in [1.807, 2.05) is 31.3 Å². The molecule has 1 aliphatic carbocycles. The van der Waals surface area contributed by atoms with Gasteiger partial charge in [0.15, 0.2) is 6.61 Å². The molecule has 1 aliphatic rings. The highest BCUT2D eigenvalue weighted by Gasteiger charge is 2.21. The average Bonchev–Trinajstić information content (AvgIpc) is 2.83. The van der Waals surface area contributed by atoms with Crippen LogP contribution in [0.15, 0.2) is 47.6 Å². The van der Waals surface area contributed by atoms with Crippen molar-refractivity contribution >= 4 is 23.5 Å². The third-order valence-electron chi connectivity index (χ3n) is 5.82. The Labute approximate surface area is 188 Å². The standard InChI is InChI=1S/C24H30N4O4/c1-3-18-9-12-22(13-10-18)32-17-24(29)26-25-16-19-15-21(28(30)31)11-14-23(19)27(2)20-7-5-4-6-8-20/h9-16,20H,3-8,17H2,1-2H3,(H,26,29). The number of nitro groups is 1. The zero-order chi connectivity index (χ0) is 22.9. The molecular formula is C24H30N4O4. The fraction of sp³-hybridized carbons (Fsp3) is 0.417. The molecule has 0 aromatic heterocycles. The maximum absolute atomic E-state index is 12.1. The van der Waals surface area contributed by atoms with Crippen molar-refractivity contribution in [1.82, 2.24) is 5.43 Å². The van der Waals surface area contributed by atoms with Crippen LogP contribution < -0.4 is 15.1 Å². The SMILES string of the molecule is CCc1ccc(OCC(=O)NN=Cc2cc([N+](=O)[O-])ccc2N(C)C2CCCCC2)cc1. The second-order valence-electron chi connectivity index (χ2n) is 7.98. The Bertz CT molecular complexity index is 953. The van der Waals surface area contributed by atoms with Crippen molar-refractivity contribution in [1.29, 1.82) is 0 Å². The summed E-state index contributed by atoms with van der Waals surface area (Å²) in [5, 5.41) is 15.3. The molecule has 1 amide bonds. The number of hydrogen-bond donors (Lipinski definition) is 1. The van der Waals surface area contributed by atoms with Crippen LogP contribution in [0.3, 0.4) is 0 Å². The monoisotopic (exact) mass is 438 g/mol. The molecule has 170 valence electrons. The number of nitrogens with one attached hydrogen (secondary N) is 1. The fourth-order valence-corrected chi connectivity index (χ4v) is 3.92. The van der Waals surface area contributed by atoms with Gasteiger partial charge >= 0.3 is 0 Å². The molecule has 8 heteroatoms. The van der Waals surface area contributed by atoms with Crippen molar-refractivity contribution in [3.05, 3.63) is 63.7 Å². The van der Waals surface area contributed by atoms with Crippen molar-refractivity contribution in [2.24, 2.45) is 5.10 Å². The Hall–Kier alpha value is -3.42. The first-order valence-corrected chi connectivity index (χ1v) is 11.0. The van der Waals surface area contributed by atoms with E-state index in [9.17, 15) is 14.9 Å². The van der Waals surface area contributed by atoms with Gasteiger partial charge in [0.25, 0.3) is 11.6 Å². The van der Waals surface area contributed by atoms with Gasteiger partial charge in [-0.15, -0.1) is 0 Å². The summed E-state index contributed by atoms with van der Waals surface area (Å²) in [5.74, 6) is 0.199. The van der Waals surface area contributed by atoms with E-state index >= 15 is 0 Å². The molecule has 2 aromatic carbocycles. The van der Waals surface area contributed by atoms with Gasteiger partial charge in [-0.2, -0.15) is 5.10 Å². The summed E-state index contributed by atoms with van der Waals surface area (Å²) in [5.41, 5.74) is 5.05. The van der Waals surface area contributed by atoms with E-state index in [0.29, 0.717) is 17.4 Å². The maximum Gasteiger partial charge on any atom is 0.277 e. The van der Waals surface area contributed by atoms with Gasteiger partial charge < -0.3 is 9.64 Å². The molecule has 0 bridgehead atoms. The van der Waals surface area contributed by atoms with Crippen LogP contribution >= 0.6 is 0 Å². The second-order valence-corrected chi connectivity index (χ2v) is 7.98. The number of nitro benzene ring substituents is 1. The largest absolute Gasteiger partial charge is 0.484 e. The minimum Gasteiger partial charge on any atom is -0.484 e. The molecule has 1 saturated carbocycles. The Balaban J connectivity index is 1.64. The predicted molar refractivity (Wildman–Crippen MR) is 125 cm³/mol. The number of benzene rings is 2. The highest BCUT2D eigenvalue weighted by Crippen LogP contribution is 2.30. The van der Waals surface area contributed by atoms with Crippen LogP contribution in [0, 0.1) is 10.1 Å². The van der Waals surface area contributed by atoms with E-state index in [-0.39, 0.29) is 12.3 Å². The van der Waals surface area contributed by atoms with Crippen LogP contribution in [0.5, 0.6) is 5.75 Å². The molecule has 32 heavy (non-hydrogen) atoms. The number of rotatable bonds is 9. The smallest absolute Gasteiger partial charge is 0.277 e. The summed E-state index contributed by atoms with van der Waals surface area (Å²) >= 11 is 0. The van der Waals surface area contributed by atoms with Crippen LogP contribution in [-0.4, -0.2) is 36.7 Å². The lowest BCUT2D eigenvalue weighted by atomic mass is 9.94. The fourth-order valence-electron chi connectivity index (χ4n) is 3.92. The molecule has 0 radical (unpaired) electrons. The van der Waals surface area contributed by atoms with E-state index in [4.69, 9.17) is 4.74 Å². The second kappa shape index (κ2) is 11.3. The van der Waals surface area contributed by atoms with Crippen molar-refractivity contribution in [2.45, 2.75) is 51.5 Å². The number of hydrogen-bond acceptors (Lipinski definition) is 6. The van der Waals surface area contributed by atoms with Crippen LogP contribution in [0.1, 0.15) is 50.2 Å². The molecule has 3 rings (SSSR count). The van der Waals surface area contributed by atoms with Crippen molar-refractivity contribution in [3.8, 4) is 5.75 Å². The first-order valence-electron chi connectivity index (χ1n) is 11.0. The minimum absolute atomic E-state index is 0.0163. The van der Waals surface area contributed by atoms with Gasteiger partial charge in [0.1, 0.15) is 5.75 Å². The maximum atomic E-state index is 12.1. The van der Waals surface area contributed by atoms with E-state index < -0.39 is 10.8 Å². The average molecular weight is 439 g/mol.